The predicted molar refractivity (Wildman–Crippen MR) is 290 cm³/mol. The second kappa shape index (κ2) is 18.2. The molecule has 0 N–H and O–H groups in total. The molecule has 71 heavy (non-hydrogen) atoms. The Morgan fingerprint density at radius 1 is 0.338 bits per heavy atom. The number of rotatable bonds is 9. The molecule has 334 valence electrons. The second-order valence-corrected chi connectivity index (χ2v) is 18.0. The summed E-state index contributed by atoms with van der Waals surface area (Å²) >= 11 is 0. The quantitative estimate of drug-likeness (QED) is 0.144. The lowest BCUT2D eigenvalue weighted by Gasteiger charge is -2.21. The van der Waals surface area contributed by atoms with Gasteiger partial charge in [-0.05, 0) is 72.5 Å². The van der Waals surface area contributed by atoms with Gasteiger partial charge in [0.1, 0.15) is 0 Å². The molecule has 0 aliphatic rings. The summed E-state index contributed by atoms with van der Waals surface area (Å²) in [6.07, 6.45) is 0. The van der Waals surface area contributed by atoms with Crippen LogP contribution in [0, 0.1) is 25.2 Å². The highest BCUT2D eigenvalue weighted by Crippen LogP contribution is 2.45. The van der Waals surface area contributed by atoms with Crippen LogP contribution in [-0.2, 0) is 0 Å². The van der Waals surface area contributed by atoms with E-state index in [-0.39, 0.29) is 0 Å². The lowest BCUT2D eigenvalue weighted by atomic mass is 9.95. The molecule has 6 nitrogen and oxygen atoms in total. The Bertz CT molecular complexity index is 3640. The van der Waals surface area contributed by atoms with Gasteiger partial charge in [-0.3, -0.25) is 0 Å². The first-order valence-corrected chi connectivity index (χ1v) is 23.8. The monoisotopic (exact) mass is 908 g/mol. The van der Waals surface area contributed by atoms with Crippen LogP contribution in [0.1, 0.15) is 16.7 Å². The lowest BCUT2D eigenvalue weighted by molar-refractivity contribution is 1.14. The molecule has 12 aromatic rings. The number of nitriles is 1. The SMILES string of the molecule is Cc1cccc(-c2ccc3c4ccc(-c5cccc(C)c5)cc4n(-c4c(-c5cc(-c6ccccc6)nc(-c6ccccc6)n5)cc(C#N)cc4-c4cc(-c5ccccc5)nc(-c5ccccc5)n4)c3c2)c1. The summed E-state index contributed by atoms with van der Waals surface area (Å²) in [5.74, 6) is 1.14. The van der Waals surface area contributed by atoms with E-state index in [0.29, 0.717) is 28.6 Å². The van der Waals surface area contributed by atoms with Gasteiger partial charge in [0.2, 0.25) is 0 Å². The van der Waals surface area contributed by atoms with E-state index in [1.807, 2.05) is 109 Å². The molecule has 0 unspecified atom stereocenters. The Morgan fingerprint density at radius 2 is 0.704 bits per heavy atom. The Hall–Kier alpha value is -9.57. The average Bonchev–Trinajstić information content (AvgIpc) is 3.76. The summed E-state index contributed by atoms with van der Waals surface area (Å²) in [6, 6.07) is 82.1. The third-order valence-corrected chi connectivity index (χ3v) is 13.1. The molecule has 3 heterocycles. The lowest BCUT2D eigenvalue weighted by Crippen LogP contribution is -2.05. The highest BCUT2D eigenvalue weighted by molar-refractivity contribution is 6.12. The number of aryl methyl sites for hydroxylation is 2. The van der Waals surface area contributed by atoms with Crippen molar-refractivity contribution in [2.45, 2.75) is 13.8 Å². The molecular weight excluding hydrogens is 865 g/mol. The van der Waals surface area contributed by atoms with Gasteiger partial charge in [-0.25, -0.2) is 19.9 Å². The van der Waals surface area contributed by atoms with E-state index < -0.39 is 0 Å². The van der Waals surface area contributed by atoms with Gasteiger partial charge in [0, 0.05) is 44.2 Å². The summed E-state index contributed by atoms with van der Waals surface area (Å²) in [4.78, 5) is 21.3. The Morgan fingerprint density at radius 3 is 1.10 bits per heavy atom. The van der Waals surface area contributed by atoms with Crippen molar-refractivity contribution in [1.82, 2.24) is 24.5 Å². The third kappa shape index (κ3) is 8.22. The van der Waals surface area contributed by atoms with Crippen molar-refractivity contribution in [1.29, 1.82) is 5.26 Å². The zero-order valence-corrected chi connectivity index (χ0v) is 39.1. The number of hydrogen-bond acceptors (Lipinski definition) is 5. The van der Waals surface area contributed by atoms with Crippen LogP contribution in [0.25, 0.3) is 118 Å². The van der Waals surface area contributed by atoms with Crippen LogP contribution < -0.4 is 0 Å². The molecule has 0 spiro atoms. The van der Waals surface area contributed by atoms with E-state index in [9.17, 15) is 5.26 Å². The highest BCUT2D eigenvalue weighted by atomic mass is 15.0. The fourth-order valence-corrected chi connectivity index (χ4v) is 9.71. The second-order valence-electron chi connectivity index (χ2n) is 18.0. The number of nitrogens with zero attached hydrogens (tertiary/aromatic N) is 6. The molecule has 3 aromatic heterocycles. The van der Waals surface area contributed by atoms with E-state index in [2.05, 4.69) is 146 Å². The smallest absolute Gasteiger partial charge is 0.160 e. The first-order valence-electron chi connectivity index (χ1n) is 23.8. The molecule has 0 fully saturated rings. The van der Waals surface area contributed by atoms with Crippen molar-refractivity contribution in [3.8, 4) is 102 Å². The van der Waals surface area contributed by atoms with Crippen molar-refractivity contribution in [2.24, 2.45) is 0 Å². The standard InChI is InChI=1S/C65H44N6/c1-42-17-15-27-49(33-42)51-29-31-53-54-32-30-52(50-28-16-18-43(2)34-50)38-62(54)71(61(53)37-51)63-55(59-39-57(45-19-7-3-8-20-45)67-64(69-59)47-23-11-5-12-24-47)35-44(41-66)36-56(63)60-40-58(46-21-9-4-10-22-46)68-65(70-60)48-25-13-6-14-26-48/h3-40H,1-2H3. The van der Waals surface area contributed by atoms with Gasteiger partial charge in [-0.2, -0.15) is 5.26 Å². The first-order chi connectivity index (χ1) is 34.9. The van der Waals surface area contributed by atoms with Crippen molar-refractivity contribution in [3.05, 3.63) is 247 Å². The normalized spacial score (nSPS) is 11.2. The Kier molecular flexibility index (Phi) is 10.9. The predicted octanol–water partition coefficient (Wildman–Crippen LogP) is 16.2. The maximum atomic E-state index is 11.1. The van der Waals surface area contributed by atoms with Crippen molar-refractivity contribution in [2.75, 3.05) is 0 Å². The number of hydrogen-bond donors (Lipinski definition) is 0. The van der Waals surface area contributed by atoms with Crippen LogP contribution in [0.3, 0.4) is 0 Å². The topological polar surface area (TPSA) is 80.3 Å². The maximum Gasteiger partial charge on any atom is 0.160 e. The molecule has 0 bridgehead atoms. The van der Waals surface area contributed by atoms with E-state index in [1.165, 1.54) is 11.1 Å². The molecule has 12 rings (SSSR count). The molecule has 0 radical (unpaired) electrons. The molecule has 9 aromatic carbocycles. The molecule has 0 saturated carbocycles. The Labute approximate surface area is 412 Å². The zero-order chi connectivity index (χ0) is 47.8. The third-order valence-electron chi connectivity index (χ3n) is 13.1. The Balaban J connectivity index is 1.26. The van der Waals surface area contributed by atoms with Crippen molar-refractivity contribution < 1.29 is 0 Å². The van der Waals surface area contributed by atoms with Crippen LogP contribution in [-0.4, -0.2) is 24.5 Å². The minimum Gasteiger partial charge on any atom is -0.308 e. The summed E-state index contributed by atoms with van der Waals surface area (Å²) in [5.41, 5.74) is 18.0. The summed E-state index contributed by atoms with van der Waals surface area (Å²) in [5, 5.41) is 13.3. The zero-order valence-electron chi connectivity index (χ0n) is 39.1. The highest BCUT2D eigenvalue weighted by Gasteiger charge is 2.26. The van der Waals surface area contributed by atoms with Gasteiger partial charge in [0.15, 0.2) is 11.6 Å². The number of fused-ring (bicyclic) bond motifs is 3. The summed E-state index contributed by atoms with van der Waals surface area (Å²) < 4.78 is 2.38. The molecular formula is C65H44N6. The van der Waals surface area contributed by atoms with Gasteiger partial charge in [0.25, 0.3) is 0 Å². The van der Waals surface area contributed by atoms with Crippen LogP contribution in [0.5, 0.6) is 0 Å². The molecule has 0 aliphatic carbocycles. The largest absolute Gasteiger partial charge is 0.308 e. The summed E-state index contributed by atoms with van der Waals surface area (Å²) in [7, 11) is 0. The fraction of sp³-hybridized carbons (Fsp3) is 0.0308. The van der Waals surface area contributed by atoms with E-state index >= 15 is 0 Å². The van der Waals surface area contributed by atoms with Crippen LogP contribution in [0.2, 0.25) is 0 Å². The van der Waals surface area contributed by atoms with Crippen molar-refractivity contribution >= 4 is 21.8 Å². The minimum absolute atomic E-state index is 0.461. The average molecular weight is 909 g/mol. The molecule has 0 atom stereocenters. The van der Waals surface area contributed by atoms with Crippen LogP contribution in [0.4, 0.5) is 0 Å². The van der Waals surface area contributed by atoms with Crippen LogP contribution in [0.15, 0.2) is 231 Å². The first kappa shape index (κ1) is 42.8. The van der Waals surface area contributed by atoms with Gasteiger partial charge in [-0.1, -0.05) is 205 Å². The van der Waals surface area contributed by atoms with Gasteiger partial charge in [-0.15, -0.1) is 0 Å². The van der Waals surface area contributed by atoms with Gasteiger partial charge in [0.05, 0.1) is 51.1 Å². The molecule has 0 saturated heterocycles. The van der Waals surface area contributed by atoms with E-state index in [1.54, 1.807) is 0 Å². The van der Waals surface area contributed by atoms with Gasteiger partial charge < -0.3 is 4.57 Å². The summed E-state index contributed by atoms with van der Waals surface area (Å²) in [6.45, 7) is 4.26. The van der Waals surface area contributed by atoms with E-state index in [4.69, 9.17) is 19.9 Å². The molecule has 0 amide bonds. The number of benzene rings is 9. The molecule has 6 heteroatoms. The van der Waals surface area contributed by atoms with Crippen molar-refractivity contribution in [3.63, 3.8) is 0 Å². The minimum atomic E-state index is 0.461. The molecule has 0 aliphatic heterocycles. The maximum absolute atomic E-state index is 11.1. The number of aromatic nitrogens is 5. The van der Waals surface area contributed by atoms with E-state index in [0.717, 1.165) is 94.5 Å². The van der Waals surface area contributed by atoms with Crippen LogP contribution >= 0.6 is 0 Å². The van der Waals surface area contributed by atoms with Gasteiger partial charge >= 0.3 is 0 Å². The fourth-order valence-electron chi connectivity index (χ4n) is 9.71.